The summed E-state index contributed by atoms with van der Waals surface area (Å²) in [6.45, 7) is 6.47. The number of nitrogens with zero attached hydrogens (tertiary/aromatic N) is 1. The molecule has 112 valence electrons. The van der Waals surface area contributed by atoms with Gasteiger partial charge in [0.2, 0.25) is 0 Å². The van der Waals surface area contributed by atoms with Gasteiger partial charge in [-0.2, -0.15) is 0 Å². The van der Waals surface area contributed by atoms with Gasteiger partial charge in [-0.15, -0.1) is 11.3 Å². The van der Waals surface area contributed by atoms with E-state index in [4.69, 9.17) is 10.5 Å². The van der Waals surface area contributed by atoms with Crippen LogP contribution in [-0.2, 0) is 0 Å². The quantitative estimate of drug-likeness (QED) is 0.898. The van der Waals surface area contributed by atoms with Gasteiger partial charge in [-0.25, -0.2) is 0 Å². The van der Waals surface area contributed by atoms with Crippen LogP contribution in [0.3, 0.4) is 0 Å². The molecular formula is C14H23N3O2S. The molecule has 0 unspecified atom stereocenters. The number of nitrogen functional groups attached to an aromatic ring is 1. The van der Waals surface area contributed by atoms with E-state index in [1.165, 1.54) is 17.8 Å². The topological polar surface area (TPSA) is 67.6 Å². The van der Waals surface area contributed by atoms with Gasteiger partial charge in [0, 0.05) is 20.1 Å². The highest BCUT2D eigenvalue weighted by molar-refractivity contribution is 7.19. The zero-order valence-corrected chi connectivity index (χ0v) is 13.4. The normalized spacial score (nSPS) is 17.9. The number of nitrogens with one attached hydrogen (secondary N) is 1. The Morgan fingerprint density at radius 2 is 2.20 bits per heavy atom. The molecular weight excluding hydrogens is 274 g/mol. The van der Waals surface area contributed by atoms with Crippen LogP contribution in [0.4, 0.5) is 10.7 Å². The lowest BCUT2D eigenvalue weighted by molar-refractivity contribution is 0.0967. The maximum Gasteiger partial charge on any atom is 0.263 e. The van der Waals surface area contributed by atoms with Gasteiger partial charge in [0.25, 0.3) is 5.91 Å². The van der Waals surface area contributed by atoms with Gasteiger partial charge < -0.3 is 20.7 Å². The van der Waals surface area contributed by atoms with Crippen LogP contribution in [0.25, 0.3) is 0 Å². The number of nitrogens with two attached hydrogens (primary N) is 1. The maximum absolute atomic E-state index is 11.9. The van der Waals surface area contributed by atoms with E-state index >= 15 is 0 Å². The molecule has 1 fully saturated rings. The summed E-state index contributed by atoms with van der Waals surface area (Å²) in [6, 6.07) is 0. The Kier molecular flexibility index (Phi) is 4.13. The lowest BCUT2D eigenvalue weighted by atomic mass is 9.84. The molecule has 6 heteroatoms. The lowest BCUT2D eigenvalue weighted by Crippen LogP contribution is -2.39. The van der Waals surface area contributed by atoms with E-state index in [1.54, 1.807) is 14.2 Å². The molecule has 0 aromatic carbocycles. The number of anilines is 2. The molecule has 1 saturated heterocycles. The molecule has 0 spiro atoms. The fraction of sp³-hybridized carbons (Fsp3) is 0.643. The third-order valence-electron chi connectivity index (χ3n) is 3.71. The van der Waals surface area contributed by atoms with Crippen molar-refractivity contribution in [3.05, 3.63) is 4.88 Å². The number of hydrogen-bond acceptors (Lipinski definition) is 5. The minimum Gasteiger partial charge on any atom is -0.492 e. The standard InChI is InChI=1S/C14H23N3O2S/c1-14(2)6-5-7-17(8-14)13-10(19-4)9(15)11(20-13)12(18)16-3/h5-8,15H2,1-4H3,(H,16,18). The van der Waals surface area contributed by atoms with Crippen LogP contribution in [0.5, 0.6) is 5.75 Å². The molecule has 20 heavy (non-hydrogen) atoms. The summed E-state index contributed by atoms with van der Waals surface area (Å²) in [5.74, 6) is 0.472. The molecule has 0 aliphatic carbocycles. The number of hydrogen-bond donors (Lipinski definition) is 2. The van der Waals surface area contributed by atoms with Crippen LogP contribution < -0.4 is 20.7 Å². The second kappa shape index (κ2) is 5.52. The Balaban J connectivity index is 2.38. The van der Waals surface area contributed by atoms with Crippen molar-refractivity contribution in [2.24, 2.45) is 5.41 Å². The van der Waals surface area contributed by atoms with Crippen LogP contribution in [0, 0.1) is 5.41 Å². The van der Waals surface area contributed by atoms with Crippen molar-refractivity contribution in [3.8, 4) is 5.75 Å². The van der Waals surface area contributed by atoms with Crippen LogP contribution in [0.2, 0.25) is 0 Å². The first-order chi connectivity index (χ1) is 9.39. The molecule has 3 N–H and O–H groups in total. The van der Waals surface area contributed by atoms with Gasteiger partial charge in [0.1, 0.15) is 15.6 Å². The zero-order valence-electron chi connectivity index (χ0n) is 12.6. The summed E-state index contributed by atoms with van der Waals surface area (Å²) in [4.78, 5) is 14.7. The summed E-state index contributed by atoms with van der Waals surface area (Å²) >= 11 is 1.41. The van der Waals surface area contributed by atoms with Crippen LogP contribution in [-0.4, -0.2) is 33.2 Å². The molecule has 0 radical (unpaired) electrons. The Morgan fingerprint density at radius 1 is 1.50 bits per heavy atom. The number of carbonyl (C=O) groups is 1. The molecule has 0 atom stereocenters. The molecule has 1 aliphatic rings. The van der Waals surface area contributed by atoms with Crippen molar-refractivity contribution in [2.75, 3.05) is 37.9 Å². The summed E-state index contributed by atoms with van der Waals surface area (Å²) < 4.78 is 5.44. The molecule has 2 rings (SSSR count). The van der Waals surface area contributed by atoms with E-state index in [9.17, 15) is 4.79 Å². The van der Waals surface area contributed by atoms with Gasteiger partial charge in [0.15, 0.2) is 5.75 Å². The number of ether oxygens (including phenoxy) is 1. The second-order valence-corrected chi connectivity index (χ2v) is 6.95. The molecule has 2 heterocycles. The summed E-state index contributed by atoms with van der Waals surface area (Å²) in [7, 11) is 3.21. The Hall–Kier alpha value is -1.43. The SMILES string of the molecule is CNC(=O)c1sc(N2CCCC(C)(C)C2)c(OC)c1N. The Labute approximate surface area is 124 Å². The largest absolute Gasteiger partial charge is 0.492 e. The van der Waals surface area contributed by atoms with Crippen LogP contribution >= 0.6 is 11.3 Å². The summed E-state index contributed by atoms with van der Waals surface area (Å²) in [5.41, 5.74) is 6.78. The van der Waals surface area contributed by atoms with Crippen molar-refractivity contribution in [2.45, 2.75) is 26.7 Å². The number of rotatable bonds is 3. The van der Waals surface area contributed by atoms with Gasteiger partial charge in [-0.3, -0.25) is 4.79 Å². The fourth-order valence-electron chi connectivity index (χ4n) is 2.70. The molecule has 1 aliphatic heterocycles. The third-order valence-corrected chi connectivity index (χ3v) is 4.95. The smallest absolute Gasteiger partial charge is 0.263 e. The average molecular weight is 297 g/mol. The first kappa shape index (κ1) is 15.0. The number of piperidine rings is 1. The second-order valence-electron chi connectivity index (χ2n) is 5.95. The number of amides is 1. The monoisotopic (exact) mass is 297 g/mol. The Bertz CT molecular complexity index is 511. The molecule has 1 amide bonds. The van der Waals surface area contributed by atoms with E-state index in [0.29, 0.717) is 16.3 Å². The third kappa shape index (κ3) is 2.70. The van der Waals surface area contributed by atoms with Crippen LogP contribution in [0.1, 0.15) is 36.4 Å². The predicted octanol–water partition coefficient (Wildman–Crippen LogP) is 2.32. The van der Waals surface area contributed by atoms with Crippen LogP contribution in [0.15, 0.2) is 0 Å². The lowest BCUT2D eigenvalue weighted by Gasteiger charge is -2.38. The van der Waals surface area contributed by atoms with Crippen molar-refractivity contribution >= 4 is 27.9 Å². The molecule has 5 nitrogen and oxygen atoms in total. The number of methoxy groups -OCH3 is 1. The molecule has 0 bridgehead atoms. The number of thiophene rings is 1. The summed E-state index contributed by atoms with van der Waals surface area (Å²) in [6.07, 6.45) is 2.36. The van der Waals surface area contributed by atoms with Crippen molar-refractivity contribution in [1.82, 2.24) is 5.32 Å². The fourth-order valence-corrected chi connectivity index (χ4v) is 3.86. The van der Waals surface area contributed by atoms with E-state index in [0.717, 1.165) is 24.5 Å². The molecule has 1 aromatic rings. The highest BCUT2D eigenvalue weighted by atomic mass is 32.1. The zero-order chi connectivity index (χ0) is 14.9. The van der Waals surface area contributed by atoms with Gasteiger partial charge in [-0.05, 0) is 18.3 Å². The van der Waals surface area contributed by atoms with E-state index in [1.807, 2.05) is 0 Å². The minimum atomic E-state index is -0.159. The predicted molar refractivity (Wildman–Crippen MR) is 83.9 cm³/mol. The van der Waals surface area contributed by atoms with E-state index < -0.39 is 0 Å². The van der Waals surface area contributed by atoms with Crippen molar-refractivity contribution in [3.63, 3.8) is 0 Å². The van der Waals surface area contributed by atoms with E-state index in [2.05, 4.69) is 24.1 Å². The molecule has 1 aromatic heterocycles. The first-order valence-corrected chi connectivity index (χ1v) is 7.64. The highest BCUT2D eigenvalue weighted by Crippen LogP contribution is 2.46. The minimum absolute atomic E-state index is 0.159. The Morgan fingerprint density at radius 3 is 2.75 bits per heavy atom. The highest BCUT2D eigenvalue weighted by Gasteiger charge is 2.31. The molecule has 0 saturated carbocycles. The number of carbonyl (C=O) groups excluding carboxylic acids is 1. The van der Waals surface area contributed by atoms with Crippen molar-refractivity contribution < 1.29 is 9.53 Å². The first-order valence-electron chi connectivity index (χ1n) is 6.83. The summed E-state index contributed by atoms with van der Waals surface area (Å²) in [5, 5.41) is 3.59. The average Bonchev–Trinajstić information content (AvgIpc) is 2.73. The van der Waals surface area contributed by atoms with Gasteiger partial charge >= 0.3 is 0 Å². The maximum atomic E-state index is 11.9. The van der Waals surface area contributed by atoms with Gasteiger partial charge in [0.05, 0.1) is 7.11 Å². The van der Waals surface area contributed by atoms with E-state index in [-0.39, 0.29) is 11.3 Å². The van der Waals surface area contributed by atoms with Crippen molar-refractivity contribution in [1.29, 1.82) is 0 Å². The van der Waals surface area contributed by atoms with Gasteiger partial charge in [-0.1, -0.05) is 13.8 Å².